The van der Waals surface area contributed by atoms with Gasteiger partial charge < -0.3 is 15.4 Å². The van der Waals surface area contributed by atoms with Crippen molar-refractivity contribution < 1.29 is 13.9 Å². The Morgan fingerprint density at radius 1 is 1.53 bits per heavy atom. The fourth-order valence-electron chi connectivity index (χ4n) is 1.53. The Labute approximate surface area is 119 Å². The number of amides is 1. The second-order valence-electron chi connectivity index (χ2n) is 4.29. The minimum absolute atomic E-state index is 0. The van der Waals surface area contributed by atoms with Gasteiger partial charge in [-0.25, -0.2) is 4.39 Å². The Bertz CT molecular complexity index is 427. The van der Waals surface area contributed by atoms with Gasteiger partial charge in [-0.1, -0.05) is 0 Å². The van der Waals surface area contributed by atoms with Crippen LogP contribution in [0.5, 0.6) is 5.75 Å². The van der Waals surface area contributed by atoms with Crippen LogP contribution >= 0.6 is 12.4 Å². The Hall–Kier alpha value is -1.33. The minimum Gasteiger partial charge on any atom is -0.494 e. The van der Waals surface area contributed by atoms with Crippen molar-refractivity contribution in [2.24, 2.45) is 5.73 Å². The van der Waals surface area contributed by atoms with E-state index >= 15 is 0 Å². The number of hydrogen-bond acceptors (Lipinski definition) is 3. The molecule has 6 heteroatoms. The van der Waals surface area contributed by atoms with Gasteiger partial charge in [-0.2, -0.15) is 0 Å². The zero-order chi connectivity index (χ0) is 13.7. The van der Waals surface area contributed by atoms with E-state index in [1.54, 1.807) is 13.1 Å². The predicted octanol–water partition coefficient (Wildman–Crippen LogP) is 2.35. The molecule has 0 fully saturated rings. The quantitative estimate of drug-likeness (QED) is 0.905. The van der Waals surface area contributed by atoms with Crippen LogP contribution in [0, 0.1) is 5.82 Å². The van der Waals surface area contributed by atoms with E-state index in [1.807, 2.05) is 6.92 Å². The van der Waals surface area contributed by atoms with E-state index in [-0.39, 0.29) is 30.1 Å². The van der Waals surface area contributed by atoms with Crippen molar-refractivity contribution in [3.05, 3.63) is 24.0 Å². The van der Waals surface area contributed by atoms with Gasteiger partial charge in [0.2, 0.25) is 5.91 Å². The third kappa shape index (κ3) is 5.04. The van der Waals surface area contributed by atoms with Crippen LogP contribution in [0.25, 0.3) is 0 Å². The molecule has 1 atom stereocenters. The SMILES string of the molecule is COc1ccc(N(C)C(=O)CCC(C)N)cc1F.Cl. The molecule has 0 bridgehead atoms. The maximum Gasteiger partial charge on any atom is 0.226 e. The van der Waals surface area contributed by atoms with Gasteiger partial charge in [0.25, 0.3) is 0 Å². The van der Waals surface area contributed by atoms with Crippen molar-refractivity contribution in [1.82, 2.24) is 0 Å². The Morgan fingerprint density at radius 2 is 2.16 bits per heavy atom. The number of rotatable bonds is 5. The largest absolute Gasteiger partial charge is 0.494 e. The van der Waals surface area contributed by atoms with Crippen LogP contribution in [0.3, 0.4) is 0 Å². The molecule has 1 amide bonds. The third-order valence-electron chi connectivity index (χ3n) is 2.71. The summed E-state index contributed by atoms with van der Waals surface area (Å²) in [5.74, 6) is -0.408. The smallest absolute Gasteiger partial charge is 0.226 e. The van der Waals surface area contributed by atoms with Gasteiger partial charge in [0.05, 0.1) is 7.11 Å². The lowest BCUT2D eigenvalue weighted by atomic mass is 10.1. The molecule has 0 aliphatic rings. The highest BCUT2D eigenvalue weighted by molar-refractivity contribution is 5.92. The normalized spacial score (nSPS) is 11.4. The molecule has 2 N–H and O–H groups in total. The monoisotopic (exact) mass is 290 g/mol. The second kappa shape index (κ2) is 7.96. The molecule has 19 heavy (non-hydrogen) atoms. The van der Waals surface area contributed by atoms with Crippen molar-refractivity contribution in [3.8, 4) is 5.75 Å². The molecule has 0 aliphatic carbocycles. The van der Waals surface area contributed by atoms with E-state index in [4.69, 9.17) is 10.5 Å². The Kier molecular flexibility index (Phi) is 7.41. The van der Waals surface area contributed by atoms with Crippen molar-refractivity contribution in [2.75, 3.05) is 19.1 Å². The predicted molar refractivity (Wildman–Crippen MR) is 76.5 cm³/mol. The summed E-state index contributed by atoms with van der Waals surface area (Å²) in [5.41, 5.74) is 6.10. The second-order valence-corrected chi connectivity index (χ2v) is 4.29. The van der Waals surface area contributed by atoms with E-state index in [9.17, 15) is 9.18 Å². The number of methoxy groups -OCH3 is 1. The average Bonchev–Trinajstić information content (AvgIpc) is 2.34. The molecule has 1 aromatic carbocycles. The van der Waals surface area contributed by atoms with Crippen LogP contribution in [0.15, 0.2) is 18.2 Å². The number of nitrogens with two attached hydrogens (primary N) is 1. The standard InChI is InChI=1S/C13H19FN2O2.ClH/c1-9(15)4-7-13(17)16(2)10-5-6-12(18-3)11(14)8-10;/h5-6,8-9H,4,7,15H2,1-3H3;1H. The maximum absolute atomic E-state index is 13.5. The molecular weight excluding hydrogens is 271 g/mol. The molecule has 1 rings (SSSR count). The first-order chi connectivity index (χ1) is 8.45. The van der Waals surface area contributed by atoms with Crippen molar-refractivity contribution in [3.63, 3.8) is 0 Å². The molecule has 0 radical (unpaired) electrons. The zero-order valence-electron chi connectivity index (χ0n) is 11.4. The van der Waals surface area contributed by atoms with E-state index in [2.05, 4.69) is 0 Å². The maximum atomic E-state index is 13.5. The lowest BCUT2D eigenvalue weighted by Crippen LogP contribution is -2.28. The number of nitrogens with zero attached hydrogens (tertiary/aromatic N) is 1. The zero-order valence-corrected chi connectivity index (χ0v) is 12.2. The van der Waals surface area contributed by atoms with Gasteiger partial charge in [0.1, 0.15) is 0 Å². The van der Waals surface area contributed by atoms with Gasteiger partial charge in [0.15, 0.2) is 11.6 Å². The number of carbonyl (C=O) groups is 1. The number of benzene rings is 1. The lowest BCUT2D eigenvalue weighted by Gasteiger charge is -2.18. The molecule has 0 aliphatic heterocycles. The van der Waals surface area contributed by atoms with E-state index in [0.717, 1.165) is 0 Å². The summed E-state index contributed by atoms with van der Waals surface area (Å²) in [6.45, 7) is 1.85. The van der Waals surface area contributed by atoms with Gasteiger partial charge in [-0.3, -0.25) is 4.79 Å². The molecule has 4 nitrogen and oxygen atoms in total. The highest BCUT2D eigenvalue weighted by Gasteiger charge is 2.13. The Balaban J connectivity index is 0.00000324. The third-order valence-corrected chi connectivity index (χ3v) is 2.71. The van der Waals surface area contributed by atoms with Crippen LogP contribution in [0.2, 0.25) is 0 Å². The molecule has 0 aromatic heterocycles. The number of halogens is 2. The summed E-state index contributed by atoms with van der Waals surface area (Å²) >= 11 is 0. The number of ether oxygens (including phenoxy) is 1. The lowest BCUT2D eigenvalue weighted by molar-refractivity contribution is -0.118. The van der Waals surface area contributed by atoms with E-state index < -0.39 is 5.82 Å². The molecule has 0 spiro atoms. The highest BCUT2D eigenvalue weighted by Crippen LogP contribution is 2.23. The van der Waals surface area contributed by atoms with Crippen LogP contribution in [0.1, 0.15) is 19.8 Å². The number of hydrogen-bond donors (Lipinski definition) is 1. The molecule has 1 aromatic rings. The van der Waals surface area contributed by atoms with Crippen molar-refractivity contribution >= 4 is 24.0 Å². The molecule has 0 saturated carbocycles. The number of anilines is 1. The summed E-state index contributed by atoms with van der Waals surface area (Å²) in [7, 11) is 3.01. The van der Waals surface area contributed by atoms with Gasteiger partial charge >= 0.3 is 0 Å². The first-order valence-corrected chi connectivity index (χ1v) is 5.81. The fourth-order valence-corrected chi connectivity index (χ4v) is 1.53. The van der Waals surface area contributed by atoms with Crippen LogP contribution in [-0.2, 0) is 4.79 Å². The van der Waals surface area contributed by atoms with Crippen LogP contribution in [0.4, 0.5) is 10.1 Å². The van der Waals surface area contributed by atoms with Gasteiger partial charge in [-0.05, 0) is 25.5 Å². The first-order valence-electron chi connectivity index (χ1n) is 5.81. The average molecular weight is 291 g/mol. The van der Waals surface area contributed by atoms with Gasteiger partial charge in [-0.15, -0.1) is 12.4 Å². The van der Waals surface area contributed by atoms with Crippen LogP contribution in [-0.4, -0.2) is 26.1 Å². The van der Waals surface area contributed by atoms with Gasteiger partial charge in [0, 0.05) is 31.3 Å². The van der Waals surface area contributed by atoms with E-state index in [0.29, 0.717) is 18.5 Å². The molecule has 0 saturated heterocycles. The summed E-state index contributed by atoms with van der Waals surface area (Å²) < 4.78 is 18.3. The van der Waals surface area contributed by atoms with Crippen molar-refractivity contribution in [2.45, 2.75) is 25.8 Å². The van der Waals surface area contributed by atoms with Crippen LogP contribution < -0.4 is 15.4 Å². The first kappa shape index (κ1) is 17.7. The summed E-state index contributed by atoms with van der Waals surface area (Å²) in [6, 6.07) is 4.41. The van der Waals surface area contributed by atoms with E-state index in [1.165, 1.54) is 24.1 Å². The van der Waals surface area contributed by atoms with Crippen molar-refractivity contribution in [1.29, 1.82) is 0 Å². The summed E-state index contributed by atoms with van der Waals surface area (Å²) in [5, 5.41) is 0. The molecule has 108 valence electrons. The number of carbonyl (C=O) groups excluding carboxylic acids is 1. The topological polar surface area (TPSA) is 55.6 Å². The fraction of sp³-hybridized carbons (Fsp3) is 0.462. The molecule has 0 heterocycles. The Morgan fingerprint density at radius 3 is 2.63 bits per heavy atom. The highest BCUT2D eigenvalue weighted by atomic mass is 35.5. The summed E-state index contributed by atoms with van der Waals surface area (Å²) in [6.07, 6.45) is 0.962. The molecular formula is C13H20ClFN2O2. The molecule has 1 unspecified atom stereocenters. The minimum atomic E-state index is -0.484. The summed E-state index contributed by atoms with van der Waals surface area (Å²) in [4.78, 5) is 13.3.